The Bertz CT molecular complexity index is 730. The molecule has 0 unspecified atom stereocenters. The highest BCUT2D eigenvalue weighted by Crippen LogP contribution is 2.33. The zero-order valence-electron chi connectivity index (χ0n) is 13.2. The standard InChI is InChI=1S/C17H21N3O2S/c1-11-8-10-23-15(11)14-13(16(18)22-20-14)17(21)19-9-7-12-5-3-2-4-6-12/h5,8,10H,2-4,6-7,9,18H2,1H3,(H,19,21). The van der Waals surface area contributed by atoms with E-state index < -0.39 is 0 Å². The minimum absolute atomic E-state index is 0.0715. The van der Waals surface area contributed by atoms with Crippen molar-refractivity contribution in [1.82, 2.24) is 10.5 Å². The number of hydrogen-bond acceptors (Lipinski definition) is 5. The van der Waals surface area contributed by atoms with E-state index in [4.69, 9.17) is 10.3 Å². The van der Waals surface area contributed by atoms with Crippen LogP contribution < -0.4 is 11.1 Å². The summed E-state index contributed by atoms with van der Waals surface area (Å²) in [5.74, 6) is -0.148. The summed E-state index contributed by atoms with van der Waals surface area (Å²) in [5.41, 5.74) is 9.18. The van der Waals surface area contributed by atoms with Gasteiger partial charge in [-0.3, -0.25) is 4.79 Å². The van der Waals surface area contributed by atoms with Gasteiger partial charge in [0.25, 0.3) is 5.91 Å². The van der Waals surface area contributed by atoms with Crippen LogP contribution in [0.3, 0.4) is 0 Å². The highest BCUT2D eigenvalue weighted by atomic mass is 32.1. The van der Waals surface area contributed by atoms with Crippen molar-refractivity contribution in [3.63, 3.8) is 0 Å². The Morgan fingerprint density at radius 2 is 2.35 bits per heavy atom. The molecule has 0 aliphatic heterocycles. The first-order valence-corrected chi connectivity index (χ1v) is 8.80. The van der Waals surface area contributed by atoms with E-state index in [1.807, 2.05) is 18.4 Å². The quantitative estimate of drug-likeness (QED) is 0.814. The molecule has 0 saturated heterocycles. The average molecular weight is 331 g/mol. The fourth-order valence-electron chi connectivity index (χ4n) is 2.85. The first kappa shape index (κ1) is 15.8. The number of aryl methyl sites for hydroxylation is 1. The minimum Gasteiger partial charge on any atom is -0.367 e. The van der Waals surface area contributed by atoms with Crippen molar-refractivity contribution in [2.75, 3.05) is 12.3 Å². The van der Waals surface area contributed by atoms with Gasteiger partial charge in [-0.05, 0) is 56.0 Å². The molecule has 1 aliphatic rings. The fourth-order valence-corrected chi connectivity index (χ4v) is 3.76. The molecular weight excluding hydrogens is 310 g/mol. The van der Waals surface area contributed by atoms with Crippen LogP contribution in [0.1, 0.15) is 48.0 Å². The topological polar surface area (TPSA) is 81.2 Å². The number of nitrogens with two attached hydrogens (primary N) is 1. The van der Waals surface area contributed by atoms with Gasteiger partial charge in [0.05, 0.1) is 4.88 Å². The highest BCUT2D eigenvalue weighted by Gasteiger charge is 2.24. The molecule has 1 amide bonds. The molecule has 3 rings (SSSR count). The van der Waals surface area contributed by atoms with Crippen LogP contribution in [0.25, 0.3) is 10.6 Å². The number of hydrogen-bond donors (Lipinski definition) is 2. The highest BCUT2D eigenvalue weighted by molar-refractivity contribution is 7.13. The van der Waals surface area contributed by atoms with Gasteiger partial charge < -0.3 is 15.6 Å². The van der Waals surface area contributed by atoms with Gasteiger partial charge in [-0.1, -0.05) is 16.8 Å². The zero-order valence-corrected chi connectivity index (χ0v) is 14.0. The number of nitrogen functional groups attached to an aromatic ring is 1. The maximum Gasteiger partial charge on any atom is 0.259 e. The van der Waals surface area contributed by atoms with Gasteiger partial charge in [0, 0.05) is 6.54 Å². The van der Waals surface area contributed by atoms with Gasteiger partial charge in [0.15, 0.2) is 0 Å². The molecular formula is C17H21N3O2S. The Balaban J connectivity index is 1.69. The second kappa shape index (κ2) is 7.00. The average Bonchev–Trinajstić information content (AvgIpc) is 3.13. The smallest absolute Gasteiger partial charge is 0.259 e. The van der Waals surface area contributed by atoms with Gasteiger partial charge in [-0.15, -0.1) is 11.3 Å². The molecule has 2 heterocycles. The van der Waals surface area contributed by atoms with Crippen LogP contribution in [0.15, 0.2) is 27.6 Å². The monoisotopic (exact) mass is 331 g/mol. The third kappa shape index (κ3) is 3.47. The lowest BCUT2D eigenvalue weighted by Gasteiger charge is -2.12. The van der Waals surface area contributed by atoms with Crippen LogP contribution >= 0.6 is 11.3 Å². The van der Waals surface area contributed by atoms with E-state index in [0.29, 0.717) is 17.8 Å². The van der Waals surface area contributed by atoms with E-state index in [1.54, 1.807) is 0 Å². The number of amides is 1. The Hall–Kier alpha value is -2.08. The third-order valence-electron chi connectivity index (χ3n) is 4.14. The largest absolute Gasteiger partial charge is 0.367 e. The van der Waals surface area contributed by atoms with Crippen LogP contribution in [-0.2, 0) is 0 Å². The van der Waals surface area contributed by atoms with E-state index in [9.17, 15) is 4.79 Å². The maximum absolute atomic E-state index is 12.5. The van der Waals surface area contributed by atoms with Crippen LogP contribution in [0.5, 0.6) is 0 Å². The van der Waals surface area contributed by atoms with E-state index >= 15 is 0 Å². The molecule has 1 aliphatic carbocycles. The summed E-state index contributed by atoms with van der Waals surface area (Å²) in [7, 11) is 0. The predicted octanol–water partition coefficient (Wildman–Crippen LogP) is 3.91. The molecule has 0 fully saturated rings. The second-order valence-corrected chi connectivity index (χ2v) is 6.73. The molecule has 0 saturated carbocycles. The first-order valence-electron chi connectivity index (χ1n) is 7.92. The molecule has 0 bridgehead atoms. The number of allylic oxidation sites excluding steroid dienone is 1. The van der Waals surface area contributed by atoms with Crippen LogP contribution in [0.4, 0.5) is 5.88 Å². The van der Waals surface area contributed by atoms with Crippen molar-refractivity contribution >= 4 is 23.1 Å². The van der Waals surface area contributed by atoms with Crippen molar-refractivity contribution < 1.29 is 9.32 Å². The lowest BCUT2D eigenvalue weighted by Crippen LogP contribution is -2.25. The number of thiophene rings is 1. The number of nitrogens with zero attached hydrogens (tertiary/aromatic N) is 1. The summed E-state index contributed by atoms with van der Waals surface area (Å²) >= 11 is 1.53. The Morgan fingerprint density at radius 3 is 3.04 bits per heavy atom. The van der Waals surface area contributed by atoms with E-state index in [2.05, 4.69) is 16.5 Å². The number of aromatic nitrogens is 1. The van der Waals surface area contributed by atoms with Gasteiger partial charge in [-0.25, -0.2) is 0 Å². The second-order valence-electron chi connectivity index (χ2n) is 5.82. The Morgan fingerprint density at radius 1 is 1.48 bits per heavy atom. The lowest BCUT2D eigenvalue weighted by atomic mass is 9.97. The van der Waals surface area contributed by atoms with Crippen LogP contribution in [0, 0.1) is 6.92 Å². The number of nitrogens with one attached hydrogen (secondary N) is 1. The molecule has 2 aromatic heterocycles. The van der Waals surface area contributed by atoms with Gasteiger partial charge in [0.1, 0.15) is 11.3 Å². The molecule has 122 valence electrons. The fraction of sp³-hybridized carbons (Fsp3) is 0.412. The van der Waals surface area contributed by atoms with Crippen molar-refractivity contribution in [3.05, 3.63) is 34.2 Å². The lowest BCUT2D eigenvalue weighted by molar-refractivity contribution is 0.0955. The molecule has 2 aromatic rings. The number of carbonyl (C=O) groups excluding carboxylic acids is 1. The molecule has 0 aromatic carbocycles. The Labute approximate surface area is 139 Å². The summed E-state index contributed by atoms with van der Waals surface area (Å²) in [4.78, 5) is 13.4. The van der Waals surface area contributed by atoms with Crippen LogP contribution in [0.2, 0.25) is 0 Å². The van der Waals surface area contributed by atoms with E-state index in [1.165, 1.54) is 29.8 Å². The van der Waals surface area contributed by atoms with Crippen LogP contribution in [-0.4, -0.2) is 17.6 Å². The molecule has 6 heteroatoms. The van der Waals surface area contributed by atoms with Gasteiger partial charge >= 0.3 is 0 Å². The number of rotatable bonds is 5. The third-order valence-corrected chi connectivity index (χ3v) is 5.16. The van der Waals surface area contributed by atoms with Crippen molar-refractivity contribution in [2.24, 2.45) is 0 Å². The molecule has 0 radical (unpaired) electrons. The maximum atomic E-state index is 12.5. The SMILES string of the molecule is Cc1ccsc1-c1noc(N)c1C(=O)NCCC1=CCCCC1. The van der Waals surface area contributed by atoms with Gasteiger partial charge in [0.2, 0.25) is 5.88 Å². The summed E-state index contributed by atoms with van der Waals surface area (Å²) in [6.45, 7) is 2.59. The summed E-state index contributed by atoms with van der Waals surface area (Å²) < 4.78 is 5.05. The predicted molar refractivity (Wildman–Crippen MR) is 92.5 cm³/mol. The first-order chi connectivity index (χ1) is 11.2. The molecule has 0 atom stereocenters. The number of anilines is 1. The Kier molecular flexibility index (Phi) is 4.81. The summed E-state index contributed by atoms with van der Waals surface area (Å²) in [5, 5.41) is 8.88. The van der Waals surface area contributed by atoms with Crippen molar-refractivity contribution in [3.8, 4) is 10.6 Å². The molecule has 0 spiro atoms. The minimum atomic E-state index is -0.219. The van der Waals surface area contributed by atoms with Crippen molar-refractivity contribution in [2.45, 2.75) is 39.0 Å². The molecule has 3 N–H and O–H groups in total. The molecule has 23 heavy (non-hydrogen) atoms. The number of carbonyl (C=O) groups is 1. The summed E-state index contributed by atoms with van der Waals surface area (Å²) in [6, 6.07) is 1.99. The van der Waals surface area contributed by atoms with E-state index in [0.717, 1.165) is 29.7 Å². The zero-order chi connectivity index (χ0) is 16.2. The van der Waals surface area contributed by atoms with E-state index in [-0.39, 0.29) is 11.8 Å². The van der Waals surface area contributed by atoms with Gasteiger partial charge in [-0.2, -0.15) is 0 Å². The normalized spacial score (nSPS) is 14.6. The summed E-state index contributed by atoms with van der Waals surface area (Å²) in [6.07, 6.45) is 8.01. The van der Waals surface area contributed by atoms with Crippen molar-refractivity contribution in [1.29, 1.82) is 0 Å². The molecule has 5 nitrogen and oxygen atoms in total.